The Balaban J connectivity index is 2.64. The van der Waals surface area contributed by atoms with E-state index in [1.54, 1.807) is 0 Å². The molecule has 0 fully saturated rings. The average molecular weight is 291 g/mol. The average Bonchev–Trinajstić information content (AvgIpc) is 2.22. The summed E-state index contributed by atoms with van der Waals surface area (Å²) >= 11 is 9.54. The Morgan fingerprint density at radius 3 is 2.80 bits per heavy atom. The van der Waals surface area contributed by atoms with Crippen LogP contribution in [0.1, 0.15) is 44.2 Å². The van der Waals surface area contributed by atoms with Crippen LogP contribution in [-0.2, 0) is 0 Å². The highest BCUT2D eigenvalue weighted by atomic mass is 79.9. The summed E-state index contributed by atoms with van der Waals surface area (Å²) in [4.78, 5) is 0. The molecule has 0 aliphatic carbocycles. The quantitative estimate of drug-likeness (QED) is 0.783. The van der Waals surface area contributed by atoms with E-state index >= 15 is 0 Å². The van der Waals surface area contributed by atoms with Crippen molar-refractivity contribution >= 4 is 27.5 Å². The first-order valence-electron chi connectivity index (χ1n) is 5.35. The zero-order chi connectivity index (χ0) is 11.3. The lowest BCUT2D eigenvalue weighted by molar-refractivity contribution is 0.581. The van der Waals surface area contributed by atoms with Crippen LogP contribution in [0, 0.1) is 0 Å². The first-order valence-corrected chi connectivity index (χ1v) is 6.52. The molecule has 0 spiro atoms. The minimum atomic E-state index is 0.0570. The summed E-state index contributed by atoms with van der Waals surface area (Å²) in [6.07, 6.45) is 4.63. The Labute approximate surface area is 105 Å². The summed E-state index contributed by atoms with van der Waals surface area (Å²) in [7, 11) is 0. The Bertz CT molecular complexity index is 314. The van der Waals surface area contributed by atoms with Crippen molar-refractivity contribution in [2.24, 2.45) is 5.73 Å². The fourth-order valence-electron chi connectivity index (χ4n) is 1.57. The highest BCUT2D eigenvalue weighted by Crippen LogP contribution is 2.27. The van der Waals surface area contributed by atoms with Crippen molar-refractivity contribution in [1.82, 2.24) is 0 Å². The molecule has 0 radical (unpaired) electrons. The van der Waals surface area contributed by atoms with E-state index < -0.39 is 0 Å². The van der Waals surface area contributed by atoms with Gasteiger partial charge in [0.2, 0.25) is 0 Å². The third-order valence-corrected chi connectivity index (χ3v) is 3.31. The largest absolute Gasteiger partial charge is 0.324 e. The van der Waals surface area contributed by atoms with Gasteiger partial charge in [0.15, 0.2) is 0 Å². The summed E-state index contributed by atoms with van der Waals surface area (Å²) in [6, 6.07) is 5.89. The fourth-order valence-corrected chi connectivity index (χ4v) is 2.20. The van der Waals surface area contributed by atoms with Crippen LogP contribution in [0.2, 0.25) is 5.02 Å². The summed E-state index contributed by atoms with van der Waals surface area (Å²) in [6.45, 7) is 2.19. The van der Waals surface area contributed by atoms with Gasteiger partial charge >= 0.3 is 0 Å². The Morgan fingerprint density at radius 2 is 2.13 bits per heavy atom. The van der Waals surface area contributed by atoms with Gasteiger partial charge < -0.3 is 5.73 Å². The van der Waals surface area contributed by atoms with Crippen molar-refractivity contribution in [3.05, 3.63) is 33.3 Å². The number of halogens is 2. The second-order valence-corrected chi connectivity index (χ2v) is 5.09. The summed E-state index contributed by atoms with van der Waals surface area (Å²) in [5, 5.41) is 0.766. The number of unbranched alkanes of at least 4 members (excludes halogenated alkanes) is 2. The van der Waals surface area contributed by atoms with E-state index in [-0.39, 0.29) is 6.04 Å². The number of benzene rings is 1. The van der Waals surface area contributed by atoms with Gasteiger partial charge in [-0.2, -0.15) is 0 Å². The minimum Gasteiger partial charge on any atom is -0.324 e. The molecule has 0 bridgehead atoms. The minimum absolute atomic E-state index is 0.0570. The van der Waals surface area contributed by atoms with Gasteiger partial charge in [-0.25, -0.2) is 0 Å². The maximum atomic E-state index is 6.10. The molecule has 15 heavy (non-hydrogen) atoms. The van der Waals surface area contributed by atoms with Crippen molar-refractivity contribution in [1.29, 1.82) is 0 Å². The Morgan fingerprint density at radius 1 is 1.40 bits per heavy atom. The van der Waals surface area contributed by atoms with Crippen LogP contribution in [0.5, 0.6) is 0 Å². The summed E-state index contributed by atoms with van der Waals surface area (Å²) < 4.78 is 1.04. The van der Waals surface area contributed by atoms with Crippen LogP contribution in [-0.4, -0.2) is 0 Å². The lowest BCUT2D eigenvalue weighted by Crippen LogP contribution is -2.10. The van der Waals surface area contributed by atoms with E-state index in [4.69, 9.17) is 17.3 Å². The number of hydrogen-bond donors (Lipinski definition) is 1. The Kier molecular flexibility index (Phi) is 5.65. The molecule has 0 heterocycles. The highest BCUT2D eigenvalue weighted by Gasteiger charge is 2.09. The molecule has 3 heteroatoms. The maximum absolute atomic E-state index is 6.10. The number of rotatable bonds is 5. The van der Waals surface area contributed by atoms with Crippen molar-refractivity contribution < 1.29 is 0 Å². The Hall–Kier alpha value is -0.0500. The molecule has 0 aliphatic rings. The summed E-state index contributed by atoms with van der Waals surface area (Å²) in [5.41, 5.74) is 7.14. The second-order valence-electron chi connectivity index (χ2n) is 3.77. The van der Waals surface area contributed by atoms with E-state index in [0.717, 1.165) is 21.5 Å². The van der Waals surface area contributed by atoms with Gasteiger partial charge in [0.25, 0.3) is 0 Å². The third-order valence-electron chi connectivity index (χ3n) is 2.48. The van der Waals surface area contributed by atoms with Gasteiger partial charge in [0.05, 0.1) is 0 Å². The first-order chi connectivity index (χ1) is 7.15. The van der Waals surface area contributed by atoms with E-state index in [0.29, 0.717) is 0 Å². The van der Waals surface area contributed by atoms with E-state index in [1.165, 1.54) is 19.3 Å². The molecule has 0 aromatic heterocycles. The van der Waals surface area contributed by atoms with Crippen LogP contribution in [0.4, 0.5) is 0 Å². The molecule has 0 amide bonds. The predicted octanol–water partition coefficient (Wildman–Crippen LogP) is 4.68. The standard InChI is InChI=1S/C12H17BrClN/c1-2-3-4-5-12(15)10-8-9(13)6-7-11(10)14/h6-8,12H,2-5,15H2,1H3/t12-/m0/s1. The van der Waals surface area contributed by atoms with E-state index in [9.17, 15) is 0 Å². The molecule has 1 aromatic rings. The molecule has 2 N–H and O–H groups in total. The topological polar surface area (TPSA) is 26.0 Å². The second kappa shape index (κ2) is 6.51. The fraction of sp³-hybridized carbons (Fsp3) is 0.500. The van der Waals surface area contributed by atoms with E-state index in [1.807, 2.05) is 18.2 Å². The van der Waals surface area contributed by atoms with Gasteiger partial charge in [-0.05, 0) is 30.2 Å². The van der Waals surface area contributed by atoms with Gasteiger partial charge in [-0.15, -0.1) is 0 Å². The van der Waals surface area contributed by atoms with Gasteiger partial charge in [-0.1, -0.05) is 53.7 Å². The molecule has 84 valence electrons. The predicted molar refractivity (Wildman–Crippen MR) is 70.2 cm³/mol. The number of hydrogen-bond acceptors (Lipinski definition) is 1. The highest BCUT2D eigenvalue weighted by molar-refractivity contribution is 9.10. The molecular formula is C12H17BrClN. The molecule has 1 atom stereocenters. The van der Waals surface area contributed by atoms with Crippen molar-refractivity contribution in [2.75, 3.05) is 0 Å². The van der Waals surface area contributed by atoms with Crippen molar-refractivity contribution in [2.45, 2.75) is 38.6 Å². The monoisotopic (exact) mass is 289 g/mol. The normalized spacial score (nSPS) is 12.8. The molecular weight excluding hydrogens is 273 g/mol. The molecule has 0 saturated heterocycles. The molecule has 1 rings (SSSR count). The lowest BCUT2D eigenvalue weighted by atomic mass is 10.0. The SMILES string of the molecule is CCCCC[C@H](N)c1cc(Br)ccc1Cl. The van der Waals surface area contributed by atoms with Crippen molar-refractivity contribution in [3.63, 3.8) is 0 Å². The van der Waals surface area contributed by atoms with Gasteiger partial charge in [-0.3, -0.25) is 0 Å². The molecule has 1 aromatic carbocycles. The maximum Gasteiger partial charge on any atom is 0.0454 e. The van der Waals surface area contributed by atoms with Crippen LogP contribution in [0.3, 0.4) is 0 Å². The van der Waals surface area contributed by atoms with E-state index in [2.05, 4.69) is 22.9 Å². The lowest BCUT2D eigenvalue weighted by Gasteiger charge is -2.13. The van der Waals surface area contributed by atoms with Gasteiger partial charge in [0, 0.05) is 15.5 Å². The van der Waals surface area contributed by atoms with Crippen molar-refractivity contribution in [3.8, 4) is 0 Å². The summed E-state index contributed by atoms with van der Waals surface area (Å²) in [5.74, 6) is 0. The molecule has 0 saturated carbocycles. The third kappa shape index (κ3) is 4.13. The van der Waals surface area contributed by atoms with Crippen LogP contribution >= 0.6 is 27.5 Å². The molecule has 1 nitrogen and oxygen atoms in total. The van der Waals surface area contributed by atoms with Crippen LogP contribution < -0.4 is 5.73 Å². The van der Waals surface area contributed by atoms with Crippen LogP contribution in [0.25, 0.3) is 0 Å². The molecule has 0 unspecified atom stereocenters. The zero-order valence-electron chi connectivity index (χ0n) is 8.97. The van der Waals surface area contributed by atoms with Crippen LogP contribution in [0.15, 0.2) is 22.7 Å². The van der Waals surface area contributed by atoms with Gasteiger partial charge in [0.1, 0.15) is 0 Å². The first kappa shape index (κ1) is 13.0. The number of nitrogens with two attached hydrogens (primary N) is 1. The zero-order valence-corrected chi connectivity index (χ0v) is 11.3. The molecule has 0 aliphatic heterocycles. The smallest absolute Gasteiger partial charge is 0.0454 e.